The molecular formula is C12H19ClN2O2. The molecule has 0 saturated heterocycles. The van der Waals surface area contributed by atoms with Crippen LogP contribution in [0, 0.1) is 0 Å². The van der Waals surface area contributed by atoms with Crippen LogP contribution in [0.25, 0.3) is 0 Å². The zero-order valence-corrected chi connectivity index (χ0v) is 11.3. The summed E-state index contributed by atoms with van der Waals surface area (Å²) in [4.78, 5) is 4.08. The topological polar surface area (TPSA) is 57.4 Å². The van der Waals surface area contributed by atoms with Crippen molar-refractivity contribution in [1.29, 1.82) is 0 Å². The van der Waals surface area contributed by atoms with Gasteiger partial charge in [0.25, 0.3) is 0 Å². The normalized spacial score (nSPS) is 11.6. The first-order chi connectivity index (χ1) is 7.98. The lowest BCUT2D eigenvalue weighted by atomic mass is 10.1. The standard InChI is InChI=1S/C12H19ClN2O2/c1-12(2,16-3)4-5-17-11-6-9(7-14)10(13)8-15-11/h6,8H,4-5,7,14H2,1-3H3. The molecule has 0 fully saturated rings. The van der Waals surface area contributed by atoms with Crippen LogP contribution in [-0.4, -0.2) is 24.3 Å². The highest BCUT2D eigenvalue weighted by Gasteiger charge is 2.16. The summed E-state index contributed by atoms with van der Waals surface area (Å²) in [6.07, 6.45) is 2.34. The predicted octanol–water partition coefficient (Wildman–Crippen LogP) is 2.39. The molecule has 0 aliphatic carbocycles. The summed E-state index contributed by atoms with van der Waals surface area (Å²) >= 11 is 5.91. The molecule has 0 aromatic carbocycles. The molecule has 0 amide bonds. The van der Waals surface area contributed by atoms with E-state index in [1.165, 1.54) is 0 Å². The van der Waals surface area contributed by atoms with Crippen molar-refractivity contribution in [2.24, 2.45) is 5.73 Å². The zero-order chi connectivity index (χ0) is 12.9. The molecule has 96 valence electrons. The van der Waals surface area contributed by atoms with Crippen LogP contribution in [0.2, 0.25) is 5.02 Å². The fourth-order valence-corrected chi connectivity index (χ4v) is 1.38. The fraction of sp³-hybridized carbons (Fsp3) is 0.583. The molecule has 0 radical (unpaired) electrons. The summed E-state index contributed by atoms with van der Waals surface area (Å²) in [5.74, 6) is 0.543. The predicted molar refractivity (Wildman–Crippen MR) is 68.3 cm³/mol. The number of methoxy groups -OCH3 is 1. The van der Waals surface area contributed by atoms with Crippen LogP contribution < -0.4 is 10.5 Å². The number of nitrogens with two attached hydrogens (primary N) is 1. The third kappa shape index (κ3) is 4.50. The first-order valence-electron chi connectivity index (χ1n) is 5.51. The van der Waals surface area contributed by atoms with Crippen molar-refractivity contribution < 1.29 is 9.47 Å². The van der Waals surface area contributed by atoms with Gasteiger partial charge in [-0.25, -0.2) is 4.98 Å². The van der Waals surface area contributed by atoms with Crippen molar-refractivity contribution in [3.63, 3.8) is 0 Å². The van der Waals surface area contributed by atoms with Gasteiger partial charge in [-0.15, -0.1) is 0 Å². The highest BCUT2D eigenvalue weighted by atomic mass is 35.5. The molecule has 17 heavy (non-hydrogen) atoms. The number of aromatic nitrogens is 1. The molecule has 0 bridgehead atoms. The van der Waals surface area contributed by atoms with E-state index in [1.807, 2.05) is 13.8 Å². The summed E-state index contributed by atoms with van der Waals surface area (Å²) in [6.45, 7) is 4.94. The van der Waals surface area contributed by atoms with Crippen molar-refractivity contribution >= 4 is 11.6 Å². The Morgan fingerprint density at radius 3 is 2.76 bits per heavy atom. The van der Waals surface area contributed by atoms with Gasteiger partial charge in [0.05, 0.1) is 17.2 Å². The Labute approximate surface area is 107 Å². The van der Waals surface area contributed by atoms with Gasteiger partial charge in [0.2, 0.25) is 5.88 Å². The molecule has 0 saturated carbocycles. The number of nitrogens with zero attached hydrogens (tertiary/aromatic N) is 1. The lowest BCUT2D eigenvalue weighted by Gasteiger charge is -2.22. The molecule has 0 atom stereocenters. The van der Waals surface area contributed by atoms with Crippen LogP contribution in [0.3, 0.4) is 0 Å². The van der Waals surface area contributed by atoms with E-state index in [2.05, 4.69) is 4.98 Å². The summed E-state index contributed by atoms with van der Waals surface area (Å²) < 4.78 is 10.8. The summed E-state index contributed by atoms with van der Waals surface area (Å²) in [5.41, 5.74) is 6.20. The van der Waals surface area contributed by atoms with Gasteiger partial charge < -0.3 is 15.2 Å². The maximum absolute atomic E-state index is 5.91. The van der Waals surface area contributed by atoms with E-state index < -0.39 is 0 Å². The van der Waals surface area contributed by atoms with E-state index in [0.717, 1.165) is 12.0 Å². The summed E-state index contributed by atoms with van der Waals surface area (Å²) in [7, 11) is 1.69. The number of ether oxygens (including phenoxy) is 2. The molecule has 1 aromatic rings. The minimum absolute atomic E-state index is 0.191. The minimum Gasteiger partial charge on any atom is -0.478 e. The van der Waals surface area contributed by atoms with E-state index in [1.54, 1.807) is 19.4 Å². The van der Waals surface area contributed by atoms with Crippen LogP contribution in [0.4, 0.5) is 0 Å². The minimum atomic E-state index is -0.191. The van der Waals surface area contributed by atoms with Crippen molar-refractivity contribution in [1.82, 2.24) is 4.98 Å². The van der Waals surface area contributed by atoms with Crippen LogP contribution in [0.15, 0.2) is 12.3 Å². The van der Waals surface area contributed by atoms with Crippen molar-refractivity contribution in [3.05, 3.63) is 22.8 Å². The lowest BCUT2D eigenvalue weighted by Crippen LogP contribution is -2.25. The second-order valence-electron chi connectivity index (χ2n) is 4.38. The lowest BCUT2D eigenvalue weighted by molar-refractivity contribution is 0.00508. The van der Waals surface area contributed by atoms with Crippen LogP contribution >= 0.6 is 11.6 Å². The number of halogens is 1. The molecule has 5 heteroatoms. The summed E-state index contributed by atoms with van der Waals surface area (Å²) in [5, 5.41) is 0.567. The SMILES string of the molecule is COC(C)(C)CCOc1cc(CN)c(Cl)cn1. The Bertz CT molecular complexity index is 370. The second-order valence-corrected chi connectivity index (χ2v) is 4.79. The average Bonchev–Trinajstić information content (AvgIpc) is 2.31. The van der Waals surface area contributed by atoms with Gasteiger partial charge in [-0.2, -0.15) is 0 Å². The van der Waals surface area contributed by atoms with Crippen LogP contribution in [-0.2, 0) is 11.3 Å². The Hall–Kier alpha value is -0.840. The van der Waals surface area contributed by atoms with Gasteiger partial charge in [-0.3, -0.25) is 0 Å². The van der Waals surface area contributed by atoms with E-state index >= 15 is 0 Å². The van der Waals surface area contributed by atoms with E-state index in [0.29, 0.717) is 24.1 Å². The molecule has 1 heterocycles. The first-order valence-corrected chi connectivity index (χ1v) is 5.89. The molecule has 4 nitrogen and oxygen atoms in total. The highest BCUT2D eigenvalue weighted by molar-refractivity contribution is 6.31. The third-order valence-corrected chi connectivity index (χ3v) is 2.98. The largest absolute Gasteiger partial charge is 0.478 e. The molecular weight excluding hydrogens is 240 g/mol. The Kier molecular flexibility index (Phi) is 5.18. The van der Waals surface area contributed by atoms with Gasteiger partial charge >= 0.3 is 0 Å². The molecule has 0 spiro atoms. The van der Waals surface area contributed by atoms with Crippen LogP contribution in [0.1, 0.15) is 25.8 Å². The van der Waals surface area contributed by atoms with Gasteiger partial charge in [0, 0.05) is 32.3 Å². The molecule has 0 unspecified atom stereocenters. The molecule has 0 aliphatic rings. The number of hydrogen-bond acceptors (Lipinski definition) is 4. The maximum Gasteiger partial charge on any atom is 0.213 e. The number of rotatable bonds is 6. The van der Waals surface area contributed by atoms with E-state index in [4.69, 9.17) is 26.8 Å². The Morgan fingerprint density at radius 1 is 1.47 bits per heavy atom. The van der Waals surface area contributed by atoms with Crippen molar-refractivity contribution in [3.8, 4) is 5.88 Å². The second kappa shape index (κ2) is 6.19. The van der Waals surface area contributed by atoms with E-state index in [9.17, 15) is 0 Å². The molecule has 1 rings (SSSR count). The van der Waals surface area contributed by atoms with Crippen molar-refractivity contribution in [2.75, 3.05) is 13.7 Å². The first kappa shape index (κ1) is 14.2. The van der Waals surface area contributed by atoms with Gasteiger partial charge in [0.15, 0.2) is 0 Å². The van der Waals surface area contributed by atoms with Crippen LogP contribution in [0.5, 0.6) is 5.88 Å². The quantitative estimate of drug-likeness (QED) is 0.851. The van der Waals surface area contributed by atoms with Gasteiger partial charge in [-0.05, 0) is 19.4 Å². The van der Waals surface area contributed by atoms with Crippen molar-refractivity contribution in [2.45, 2.75) is 32.4 Å². The molecule has 2 N–H and O–H groups in total. The molecule has 0 aliphatic heterocycles. The Morgan fingerprint density at radius 2 is 2.18 bits per heavy atom. The highest BCUT2D eigenvalue weighted by Crippen LogP contribution is 2.19. The third-order valence-electron chi connectivity index (χ3n) is 2.64. The van der Waals surface area contributed by atoms with E-state index in [-0.39, 0.29) is 5.60 Å². The maximum atomic E-state index is 5.91. The Balaban J connectivity index is 2.53. The number of pyridine rings is 1. The van der Waals surface area contributed by atoms with Gasteiger partial charge in [-0.1, -0.05) is 11.6 Å². The monoisotopic (exact) mass is 258 g/mol. The number of hydrogen-bond donors (Lipinski definition) is 1. The smallest absolute Gasteiger partial charge is 0.213 e. The average molecular weight is 259 g/mol. The zero-order valence-electron chi connectivity index (χ0n) is 10.5. The molecule has 1 aromatic heterocycles. The van der Waals surface area contributed by atoms with Gasteiger partial charge in [0.1, 0.15) is 0 Å². The summed E-state index contributed by atoms with van der Waals surface area (Å²) in [6, 6.07) is 1.77. The fourth-order valence-electron chi connectivity index (χ4n) is 1.20.